The largest absolute Gasteiger partial charge is 0.348 e. The summed E-state index contributed by atoms with van der Waals surface area (Å²) in [5, 5.41) is 4.85. The zero-order chi connectivity index (χ0) is 7.56. The minimum Gasteiger partial charge on any atom is -0.348 e. The fourth-order valence-electron chi connectivity index (χ4n) is 0.712. The van der Waals surface area contributed by atoms with Crippen molar-refractivity contribution in [3.8, 4) is 0 Å². The minimum absolute atomic E-state index is 0.0700. The first kappa shape index (κ1) is 7.54. The molecule has 0 aromatic carbocycles. The van der Waals surface area contributed by atoms with Crippen molar-refractivity contribution in [2.45, 2.75) is 31.8 Å². The molecule has 3 nitrogen and oxygen atoms in total. The van der Waals surface area contributed by atoms with E-state index in [0.29, 0.717) is 6.04 Å². The van der Waals surface area contributed by atoms with Gasteiger partial charge in [-0.05, 0) is 19.8 Å². The molecule has 1 rings (SSSR count). The monoisotopic (exact) mass is 143 g/mol. The number of carbonyl (C=O) groups excluding carboxylic acids is 1. The molecule has 0 bridgehead atoms. The molecule has 0 unspecified atom stereocenters. The summed E-state index contributed by atoms with van der Waals surface area (Å²) in [5.74, 6) is 0.171. The molecule has 0 aromatic rings. The summed E-state index contributed by atoms with van der Waals surface area (Å²) in [7, 11) is 1.91. The SMILES string of the molecule is C[NH2+][C@@H](C)C(=O)NC1CC1. The van der Waals surface area contributed by atoms with E-state index in [2.05, 4.69) is 5.32 Å². The van der Waals surface area contributed by atoms with Crippen LogP contribution < -0.4 is 10.6 Å². The van der Waals surface area contributed by atoms with Gasteiger partial charge in [0.05, 0.1) is 7.05 Å². The molecule has 1 aliphatic carbocycles. The van der Waals surface area contributed by atoms with Crippen LogP contribution in [0.5, 0.6) is 0 Å². The molecule has 58 valence electrons. The highest BCUT2D eigenvalue weighted by Gasteiger charge is 2.25. The lowest BCUT2D eigenvalue weighted by Crippen LogP contribution is -2.88. The van der Waals surface area contributed by atoms with E-state index < -0.39 is 0 Å². The number of nitrogens with one attached hydrogen (secondary N) is 1. The van der Waals surface area contributed by atoms with Crippen molar-refractivity contribution in [3.63, 3.8) is 0 Å². The molecule has 0 spiro atoms. The second-order valence-corrected chi connectivity index (χ2v) is 2.90. The fourth-order valence-corrected chi connectivity index (χ4v) is 0.712. The maximum Gasteiger partial charge on any atom is 0.278 e. The minimum atomic E-state index is 0.0700. The fraction of sp³-hybridized carbons (Fsp3) is 0.857. The van der Waals surface area contributed by atoms with Crippen molar-refractivity contribution in [1.29, 1.82) is 0 Å². The number of carbonyl (C=O) groups is 1. The quantitative estimate of drug-likeness (QED) is 0.514. The topological polar surface area (TPSA) is 45.7 Å². The Labute approximate surface area is 61.2 Å². The van der Waals surface area contributed by atoms with Gasteiger partial charge in [-0.15, -0.1) is 0 Å². The van der Waals surface area contributed by atoms with Crippen LogP contribution in [-0.4, -0.2) is 25.0 Å². The van der Waals surface area contributed by atoms with E-state index in [1.165, 1.54) is 12.8 Å². The summed E-state index contributed by atoms with van der Waals surface area (Å²) in [6, 6.07) is 0.565. The van der Waals surface area contributed by atoms with Crippen molar-refractivity contribution in [2.24, 2.45) is 0 Å². The van der Waals surface area contributed by atoms with Gasteiger partial charge in [-0.3, -0.25) is 4.79 Å². The summed E-state index contributed by atoms with van der Waals surface area (Å²) in [6.07, 6.45) is 2.34. The van der Waals surface area contributed by atoms with Crippen molar-refractivity contribution >= 4 is 5.91 Å². The van der Waals surface area contributed by atoms with E-state index in [1.807, 2.05) is 19.3 Å². The normalized spacial score (nSPS) is 20.2. The standard InChI is InChI=1S/C7H14N2O/c1-5(8-2)7(10)9-6-3-4-6/h5-6,8H,3-4H2,1-2H3,(H,9,10)/p+1/t5-/m0/s1. The van der Waals surface area contributed by atoms with Crippen LogP contribution in [0.2, 0.25) is 0 Å². The third-order valence-corrected chi connectivity index (χ3v) is 1.84. The molecule has 3 heteroatoms. The van der Waals surface area contributed by atoms with E-state index >= 15 is 0 Å². The molecule has 0 aromatic heterocycles. The molecule has 1 saturated carbocycles. The first-order chi connectivity index (χ1) is 4.74. The molecular formula is C7H15N2O+. The van der Waals surface area contributed by atoms with Gasteiger partial charge in [0.25, 0.3) is 5.91 Å². The van der Waals surface area contributed by atoms with Crippen LogP contribution in [0.15, 0.2) is 0 Å². The zero-order valence-corrected chi connectivity index (χ0v) is 6.55. The lowest BCUT2D eigenvalue weighted by atomic mass is 10.3. The second-order valence-electron chi connectivity index (χ2n) is 2.90. The van der Waals surface area contributed by atoms with Crippen LogP contribution in [-0.2, 0) is 4.79 Å². The Balaban J connectivity index is 2.18. The van der Waals surface area contributed by atoms with Crippen LogP contribution in [0.25, 0.3) is 0 Å². The average Bonchev–Trinajstić information content (AvgIpc) is 2.70. The van der Waals surface area contributed by atoms with Gasteiger partial charge in [0.1, 0.15) is 0 Å². The maximum absolute atomic E-state index is 11.1. The van der Waals surface area contributed by atoms with Gasteiger partial charge in [-0.25, -0.2) is 0 Å². The van der Waals surface area contributed by atoms with Crippen LogP contribution >= 0.6 is 0 Å². The summed E-state index contributed by atoms with van der Waals surface area (Å²) in [6.45, 7) is 1.91. The third-order valence-electron chi connectivity index (χ3n) is 1.84. The van der Waals surface area contributed by atoms with Crippen molar-refractivity contribution < 1.29 is 10.1 Å². The number of quaternary nitrogens is 1. The van der Waals surface area contributed by atoms with Gasteiger partial charge >= 0.3 is 0 Å². The van der Waals surface area contributed by atoms with Crippen LogP contribution in [0, 0.1) is 0 Å². The molecule has 10 heavy (non-hydrogen) atoms. The third kappa shape index (κ3) is 1.99. The number of hydrogen-bond donors (Lipinski definition) is 2. The van der Waals surface area contributed by atoms with E-state index in [9.17, 15) is 4.79 Å². The number of nitrogens with two attached hydrogens (primary N) is 1. The maximum atomic E-state index is 11.1. The zero-order valence-electron chi connectivity index (χ0n) is 6.55. The number of hydrogen-bond acceptors (Lipinski definition) is 1. The molecular weight excluding hydrogens is 128 g/mol. The predicted octanol–water partition coefficient (Wildman–Crippen LogP) is -1.15. The molecule has 3 N–H and O–H groups in total. The Hall–Kier alpha value is -0.570. The van der Waals surface area contributed by atoms with E-state index in [0.717, 1.165) is 0 Å². The van der Waals surface area contributed by atoms with Crippen LogP contribution in [0.1, 0.15) is 19.8 Å². The van der Waals surface area contributed by atoms with Gasteiger partial charge in [-0.2, -0.15) is 0 Å². The van der Waals surface area contributed by atoms with Gasteiger partial charge < -0.3 is 10.6 Å². The highest BCUT2D eigenvalue weighted by Crippen LogP contribution is 2.18. The lowest BCUT2D eigenvalue weighted by Gasteiger charge is -2.06. The van der Waals surface area contributed by atoms with E-state index in [4.69, 9.17) is 0 Å². The van der Waals surface area contributed by atoms with Crippen molar-refractivity contribution in [3.05, 3.63) is 0 Å². The summed E-state index contributed by atoms with van der Waals surface area (Å²) < 4.78 is 0. The van der Waals surface area contributed by atoms with Gasteiger partial charge in [-0.1, -0.05) is 0 Å². The summed E-state index contributed by atoms with van der Waals surface area (Å²) in [5.41, 5.74) is 0. The molecule has 0 heterocycles. The molecule has 1 atom stereocenters. The first-order valence-corrected chi connectivity index (χ1v) is 3.84. The van der Waals surface area contributed by atoms with Gasteiger partial charge in [0.15, 0.2) is 6.04 Å². The first-order valence-electron chi connectivity index (χ1n) is 3.84. The van der Waals surface area contributed by atoms with E-state index in [1.54, 1.807) is 0 Å². The second kappa shape index (κ2) is 3.01. The Bertz CT molecular complexity index is 132. The Morgan fingerprint density at radius 1 is 1.70 bits per heavy atom. The van der Waals surface area contributed by atoms with Crippen LogP contribution in [0.4, 0.5) is 0 Å². The molecule has 1 amide bonds. The molecule has 1 fully saturated rings. The van der Waals surface area contributed by atoms with Gasteiger partial charge in [0.2, 0.25) is 0 Å². The Kier molecular flexibility index (Phi) is 2.27. The highest BCUT2D eigenvalue weighted by atomic mass is 16.2. The predicted molar refractivity (Wildman–Crippen MR) is 38.5 cm³/mol. The van der Waals surface area contributed by atoms with Crippen LogP contribution in [0.3, 0.4) is 0 Å². The number of amides is 1. The van der Waals surface area contributed by atoms with E-state index in [-0.39, 0.29) is 11.9 Å². The Morgan fingerprint density at radius 3 is 2.70 bits per heavy atom. The Morgan fingerprint density at radius 2 is 2.30 bits per heavy atom. The highest BCUT2D eigenvalue weighted by molar-refractivity contribution is 5.80. The summed E-state index contributed by atoms with van der Waals surface area (Å²) in [4.78, 5) is 11.1. The average molecular weight is 143 g/mol. The lowest BCUT2D eigenvalue weighted by molar-refractivity contribution is -0.646. The molecule has 0 saturated heterocycles. The summed E-state index contributed by atoms with van der Waals surface area (Å²) >= 11 is 0. The molecule has 0 aliphatic heterocycles. The number of likely N-dealkylation sites (N-methyl/N-ethyl adjacent to an activating group) is 1. The van der Waals surface area contributed by atoms with Gasteiger partial charge in [0, 0.05) is 6.04 Å². The molecule has 1 aliphatic rings. The molecule has 0 radical (unpaired) electrons. The van der Waals surface area contributed by atoms with Crippen molar-refractivity contribution in [2.75, 3.05) is 7.05 Å². The van der Waals surface area contributed by atoms with Crippen molar-refractivity contribution in [1.82, 2.24) is 5.32 Å². The smallest absolute Gasteiger partial charge is 0.278 e. The number of rotatable bonds is 3.